The summed E-state index contributed by atoms with van der Waals surface area (Å²) in [5.41, 5.74) is 0.706. The van der Waals surface area contributed by atoms with Gasteiger partial charge in [-0.3, -0.25) is 0 Å². The molecular formula is C10H7Cl3N2O3. The van der Waals surface area contributed by atoms with E-state index >= 15 is 0 Å². The molecule has 1 atom stereocenters. The predicted octanol–water partition coefficient (Wildman–Crippen LogP) is 1.43. The van der Waals surface area contributed by atoms with Crippen molar-refractivity contribution in [2.24, 2.45) is 0 Å². The molecule has 2 rings (SSSR count). The lowest BCUT2D eigenvalue weighted by Gasteiger charge is -2.18. The van der Waals surface area contributed by atoms with E-state index in [1.165, 1.54) is 0 Å². The van der Waals surface area contributed by atoms with Crippen LogP contribution in [0.15, 0.2) is 35.0 Å². The van der Waals surface area contributed by atoms with Crippen LogP contribution < -0.4 is 9.79 Å². The molecule has 0 aliphatic heterocycles. The molecule has 0 aliphatic carbocycles. The molecule has 8 heteroatoms. The highest BCUT2D eigenvalue weighted by Crippen LogP contribution is 2.40. The van der Waals surface area contributed by atoms with Crippen molar-refractivity contribution < 1.29 is 19.4 Å². The highest BCUT2D eigenvalue weighted by Gasteiger charge is 2.36. The van der Waals surface area contributed by atoms with E-state index in [0.717, 1.165) is 10.9 Å². The van der Waals surface area contributed by atoms with Crippen LogP contribution in [0.5, 0.6) is 5.95 Å². The Kier molecular flexibility index (Phi) is 3.68. The van der Waals surface area contributed by atoms with Gasteiger partial charge in [-0.2, -0.15) is 0 Å². The summed E-state index contributed by atoms with van der Waals surface area (Å²) in [6, 6.07) is 6.53. The Morgan fingerprint density at radius 3 is 2.56 bits per heavy atom. The Bertz CT molecular complexity index is 553. The molecule has 0 saturated heterocycles. The van der Waals surface area contributed by atoms with Gasteiger partial charge in [-0.25, -0.2) is 0 Å². The number of aliphatic hydroxyl groups is 1. The van der Waals surface area contributed by atoms with Gasteiger partial charge in [0.25, 0.3) is 0 Å². The van der Waals surface area contributed by atoms with Gasteiger partial charge < -0.3 is 14.7 Å². The number of aliphatic hydroxyl groups excluding tert-OH is 1. The third-order valence-electron chi connectivity index (χ3n) is 2.23. The first-order chi connectivity index (χ1) is 8.39. The molecule has 0 amide bonds. The molecule has 96 valence electrons. The summed E-state index contributed by atoms with van der Waals surface area (Å²) in [7, 11) is 0. The molecule has 18 heavy (non-hydrogen) atoms. The van der Waals surface area contributed by atoms with Crippen LogP contribution in [0.25, 0.3) is 5.69 Å². The zero-order valence-corrected chi connectivity index (χ0v) is 11.0. The van der Waals surface area contributed by atoms with Crippen LogP contribution in [0.2, 0.25) is 0 Å². The largest absolute Gasteiger partial charge is 0.539 e. The van der Waals surface area contributed by atoms with Crippen LogP contribution in [0.1, 0.15) is 11.7 Å². The van der Waals surface area contributed by atoms with Crippen molar-refractivity contribution in [2.75, 3.05) is 0 Å². The van der Waals surface area contributed by atoms with Gasteiger partial charge in [0.1, 0.15) is 12.1 Å². The van der Waals surface area contributed by atoms with E-state index in [4.69, 9.17) is 34.8 Å². The monoisotopic (exact) mass is 308 g/mol. The molecule has 1 N–H and O–H groups in total. The summed E-state index contributed by atoms with van der Waals surface area (Å²) in [5, 5.41) is 24.4. The predicted molar refractivity (Wildman–Crippen MR) is 62.7 cm³/mol. The fourth-order valence-electron chi connectivity index (χ4n) is 1.45. The highest BCUT2D eigenvalue weighted by molar-refractivity contribution is 6.68. The fourth-order valence-corrected chi connectivity index (χ4v) is 1.80. The molecule has 1 unspecified atom stereocenters. The molecule has 0 aliphatic rings. The van der Waals surface area contributed by atoms with E-state index < -0.39 is 15.8 Å². The van der Waals surface area contributed by atoms with E-state index in [9.17, 15) is 10.2 Å². The third kappa shape index (κ3) is 2.70. The maximum Gasteiger partial charge on any atom is 0.245 e. The summed E-state index contributed by atoms with van der Waals surface area (Å²) in [4.78, 5) is 0. The van der Waals surface area contributed by atoms with Crippen molar-refractivity contribution in [1.29, 1.82) is 0 Å². The van der Waals surface area contributed by atoms with Gasteiger partial charge in [-0.05, 0) is 10.7 Å². The SMILES string of the molecule is [O-]c1c[n+](-c2ccccc2C(O)C(Cl)(Cl)Cl)no1. The molecule has 0 bridgehead atoms. The molecule has 1 heterocycles. The van der Waals surface area contributed by atoms with Gasteiger partial charge in [-0.15, -0.1) is 0 Å². The van der Waals surface area contributed by atoms with Crippen LogP contribution >= 0.6 is 34.8 Å². The van der Waals surface area contributed by atoms with Crippen LogP contribution in [0, 0.1) is 0 Å². The Balaban J connectivity index is 2.50. The molecular weight excluding hydrogens is 302 g/mol. The smallest absolute Gasteiger partial charge is 0.245 e. The van der Waals surface area contributed by atoms with Crippen molar-refractivity contribution in [1.82, 2.24) is 5.27 Å². The maximum absolute atomic E-state index is 11.0. The number of hydrogen-bond acceptors (Lipinski definition) is 4. The van der Waals surface area contributed by atoms with Gasteiger partial charge in [0.2, 0.25) is 15.7 Å². The number of alkyl halides is 3. The Hall–Kier alpha value is -1.01. The number of nitrogens with zero attached hydrogens (tertiary/aromatic N) is 2. The van der Waals surface area contributed by atoms with Gasteiger partial charge >= 0.3 is 0 Å². The van der Waals surface area contributed by atoms with E-state index in [1.807, 2.05) is 0 Å². The quantitative estimate of drug-likeness (QED) is 0.673. The van der Waals surface area contributed by atoms with Crippen LogP contribution in [0.3, 0.4) is 0 Å². The number of halogens is 3. The summed E-state index contributed by atoms with van der Waals surface area (Å²) in [6.07, 6.45) is -0.248. The molecule has 1 aromatic carbocycles. The first kappa shape index (κ1) is 13.4. The van der Waals surface area contributed by atoms with Gasteiger partial charge in [0.05, 0.1) is 10.8 Å². The minimum atomic E-state index is -1.89. The number of aromatic nitrogens is 2. The van der Waals surface area contributed by atoms with Gasteiger partial charge in [0.15, 0.2) is 0 Å². The molecule has 5 nitrogen and oxygen atoms in total. The van der Waals surface area contributed by atoms with Crippen LogP contribution in [-0.4, -0.2) is 14.2 Å². The third-order valence-corrected chi connectivity index (χ3v) is 2.85. The average Bonchev–Trinajstić information content (AvgIpc) is 2.73. The van der Waals surface area contributed by atoms with Crippen molar-refractivity contribution >= 4 is 34.8 Å². The first-order valence-corrected chi connectivity index (χ1v) is 5.93. The standard InChI is InChI=1S/C10H7Cl3N2O3/c11-10(12,13)9(17)6-3-1-2-4-7(6)15-5-8(16)18-14-15/h1-5,9,17H. The topological polar surface area (TPSA) is 73.2 Å². The normalized spacial score (nSPS) is 13.6. The Morgan fingerprint density at radius 1 is 1.33 bits per heavy atom. The fraction of sp³-hybridized carbons (Fsp3) is 0.200. The second kappa shape index (κ2) is 4.93. The first-order valence-electron chi connectivity index (χ1n) is 4.79. The Labute approximate surface area is 117 Å². The molecule has 0 saturated carbocycles. The van der Waals surface area contributed by atoms with Gasteiger partial charge in [-0.1, -0.05) is 46.9 Å². The van der Waals surface area contributed by atoms with Crippen LogP contribution in [0.4, 0.5) is 0 Å². The zero-order chi connectivity index (χ0) is 13.3. The molecule has 1 aromatic heterocycles. The minimum Gasteiger partial charge on any atom is -0.539 e. The number of benzene rings is 1. The lowest BCUT2D eigenvalue weighted by molar-refractivity contribution is -0.671. The molecule has 2 aromatic rings. The van der Waals surface area contributed by atoms with Crippen molar-refractivity contribution in [3.05, 3.63) is 36.0 Å². The maximum atomic E-state index is 11.0. The van der Waals surface area contributed by atoms with Crippen molar-refractivity contribution in [2.45, 2.75) is 9.90 Å². The van der Waals surface area contributed by atoms with Gasteiger partial charge in [0, 0.05) is 6.07 Å². The lowest BCUT2D eigenvalue weighted by atomic mass is 10.1. The van der Waals surface area contributed by atoms with Crippen LogP contribution in [-0.2, 0) is 0 Å². The number of rotatable bonds is 2. The van der Waals surface area contributed by atoms with E-state index in [2.05, 4.69) is 9.79 Å². The number of hydrogen-bond donors (Lipinski definition) is 1. The second-order valence-corrected chi connectivity index (χ2v) is 5.84. The van der Waals surface area contributed by atoms with Crippen molar-refractivity contribution in [3.8, 4) is 11.6 Å². The Morgan fingerprint density at radius 2 is 2.00 bits per heavy atom. The summed E-state index contributed by atoms with van der Waals surface area (Å²) < 4.78 is 3.69. The van der Waals surface area contributed by atoms with E-state index in [-0.39, 0.29) is 0 Å². The summed E-state index contributed by atoms with van der Waals surface area (Å²) in [6.45, 7) is 0. The average molecular weight is 310 g/mol. The summed E-state index contributed by atoms with van der Waals surface area (Å²) in [5.74, 6) is -0.617. The lowest BCUT2D eigenvalue weighted by Crippen LogP contribution is -2.34. The van der Waals surface area contributed by atoms with Crippen molar-refractivity contribution in [3.63, 3.8) is 0 Å². The van der Waals surface area contributed by atoms with E-state index in [0.29, 0.717) is 11.3 Å². The molecule has 0 fully saturated rings. The molecule has 0 spiro atoms. The second-order valence-electron chi connectivity index (χ2n) is 3.47. The number of para-hydroxylation sites is 1. The van der Waals surface area contributed by atoms with E-state index in [1.54, 1.807) is 24.3 Å². The zero-order valence-electron chi connectivity index (χ0n) is 8.76. The summed E-state index contributed by atoms with van der Waals surface area (Å²) >= 11 is 16.9. The highest BCUT2D eigenvalue weighted by atomic mass is 35.6. The minimum absolute atomic E-state index is 0.316. The molecule has 0 radical (unpaired) electrons.